The molecule has 0 aromatic carbocycles. The molecule has 1 heterocycles. The molecule has 8 heteroatoms. The quantitative estimate of drug-likeness (QED) is 0.680. The van der Waals surface area contributed by atoms with Crippen molar-refractivity contribution in [3.8, 4) is 0 Å². The molecule has 2 N–H and O–H groups in total. The maximum atomic E-state index is 12.3. The van der Waals surface area contributed by atoms with Crippen molar-refractivity contribution in [2.24, 2.45) is 0 Å². The summed E-state index contributed by atoms with van der Waals surface area (Å²) in [6.07, 6.45) is 0. The van der Waals surface area contributed by atoms with Gasteiger partial charge in [-0.05, 0) is 27.7 Å². The molecule has 1 rings (SSSR count). The summed E-state index contributed by atoms with van der Waals surface area (Å²) in [6, 6.07) is -0.812. The molecule has 1 atom stereocenters. The normalized spacial score (nSPS) is 22.2. The van der Waals surface area contributed by atoms with Crippen molar-refractivity contribution < 1.29 is 17.9 Å². The molecule has 19 heavy (non-hydrogen) atoms. The van der Waals surface area contributed by atoms with Crippen molar-refractivity contribution in [2.75, 3.05) is 26.2 Å². The van der Waals surface area contributed by atoms with E-state index in [2.05, 4.69) is 10.0 Å². The summed E-state index contributed by atoms with van der Waals surface area (Å²) in [6.45, 7) is 8.22. The summed E-state index contributed by atoms with van der Waals surface area (Å²) in [4.78, 5) is 11.8. The van der Waals surface area contributed by atoms with E-state index in [1.165, 1.54) is 4.31 Å². The number of piperazine rings is 1. The first kappa shape index (κ1) is 16.4. The Labute approximate surface area is 114 Å². The van der Waals surface area contributed by atoms with Gasteiger partial charge in [0.2, 0.25) is 0 Å². The van der Waals surface area contributed by atoms with Gasteiger partial charge in [-0.2, -0.15) is 17.4 Å². The van der Waals surface area contributed by atoms with E-state index in [-0.39, 0.29) is 19.7 Å². The molecule has 0 amide bonds. The summed E-state index contributed by atoms with van der Waals surface area (Å²) in [5, 5.41) is 3.00. The maximum absolute atomic E-state index is 12.3. The number of carbonyl (C=O) groups is 1. The Balaban J connectivity index is 2.90. The highest BCUT2D eigenvalue weighted by atomic mass is 32.2. The van der Waals surface area contributed by atoms with Crippen LogP contribution in [0.5, 0.6) is 0 Å². The fraction of sp³-hybridized carbons (Fsp3) is 0.909. The minimum atomic E-state index is -3.71. The lowest BCUT2D eigenvalue weighted by Crippen LogP contribution is -2.61. The monoisotopic (exact) mass is 293 g/mol. The molecule has 0 aromatic heterocycles. The number of ether oxygens (including phenoxy) is 1. The van der Waals surface area contributed by atoms with E-state index >= 15 is 0 Å². The third-order valence-corrected chi connectivity index (χ3v) is 4.42. The lowest BCUT2D eigenvalue weighted by Gasteiger charge is -2.35. The van der Waals surface area contributed by atoms with Gasteiger partial charge in [-0.15, -0.1) is 0 Å². The molecule has 0 radical (unpaired) electrons. The number of esters is 1. The minimum absolute atomic E-state index is 0.232. The van der Waals surface area contributed by atoms with Gasteiger partial charge in [-0.1, -0.05) is 0 Å². The van der Waals surface area contributed by atoms with E-state index in [0.717, 1.165) is 0 Å². The lowest BCUT2D eigenvalue weighted by molar-refractivity contribution is -0.148. The van der Waals surface area contributed by atoms with Gasteiger partial charge in [0.1, 0.15) is 6.04 Å². The van der Waals surface area contributed by atoms with Crippen LogP contribution in [0.2, 0.25) is 0 Å². The highest BCUT2D eigenvalue weighted by Gasteiger charge is 2.39. The van der Waals surface area contributed by atoms with Crippen LogP contribution >= 0.6 is 0 Å². The molecule has 1 aliphatic heterocycles. The van der Waals surface area contributed by atoms with Crippen molar-refractivity contribution in [3.05, 3.63) is 0 Å². The Bertz CT molecular complexity index is 416. The van der Waals surface area contributed by atoms with Crippen LogP contribution in [0.4, 0.5) is 0 Å². The third kappa shape index (κ3) is 4.72. The van der Waals surface area contributed by atoms with Gasteiger partial charge in [0.05, 0.1) is 6.61 Å². The molecule has 0 bridgehead atoms. The van der Waals surface area contributed by atoms with Crippen molar-refractivity contribution in [1.82, 2.24) is 14.3 Å². The second-order valence-corrected chi connectivity index (χ2v) is 7.06. The summed E-state index contributed by atoms with van der Waals surface area (Å²) < 4.78 is 33.3. The van der Waals surface area contributed by atoms with Gasteiger partial charge in [0.15, 0.2) is 0 Å². The van der Waals surface area contributed by atoms with Gasteiger partial charge in [-0.25, -0.2) is 0 Å². The molecule has 0 aliphatic carbocycles. The first-order valence-corrected chi connectivity index (χ1v) is 7.79. The molecule has 1 fully saturated rings. The topological polar surface area (TPSA) is 87.7 Å². The number of rotatable bonds is 4. The predicted octanol–water partition coefficient (Wildman–Crippen LogP) is -0.544. The molecule has 1 aliphatic rings. The second kappa shape index (κ2) is 6.17. The van der Waals surface area contributed by atoms with Crippen molar-refractivity contribution in [1.29, 1.82) is 0 Å². The van der Waals surface area contributed by atoms with Crippen LogP contribution in [0.3, 0.4) is 0 Å². The summed E-state index contributed by atoms with van der Waals surface area (Å²) in [7, 11) is -3.71. The Morgan fingerprint density at radius 2 is 2.11 bits per heavy atom. The van der Waals surface area contributed by atoms with Crippen LogP contribution in [-0.4, -0.2) is 56.5 Å². The standard InChI is InChI=1S/C11H23N3O4S/c1-5-18-10(15)9-8-12-6-7-14(9)19(16,17)13-11(2,3)4/h9,12-13H,5-8H2,1-4H3. The Kier molecular flexibility index (Phi) is 5.31. The zero-order valence-electron chi connectivity index (χ0n) is 11.9. The number of hydrogen-bond acceptors (Lipinski definition) is 5. The third-order valence-electron chi connectivity index (χ3n) is 2.50. The van der Waals surface area contributed by atoms with E-state index in [0.29, 0.717) is 6.54 Å². The van der Waals surface area contributed by atoms with Gasteiger partial charge in [0, 0.05) is 25.2 Å². The van der Waals surface area contributed by atoms with Crippen LogP contribution < -0.4 is 10.0 Å². The molecular formula is C11H23N3O4S. The molecule has 1 saturated heterocycles. The highest BCUT2D eigenvalue weighted by molar-refractivity contribution is 7.87. The zero-order chi connectivity index (χ0) is 14.7. The lowest BCUT2D eigenvalue weighted by atomic mass is 10.1. The van der Waals surface area contributed by atoms with Gasteiger partial charge >= 0.3 is 5.97 Å². The van der Waals surface area contributed by atoms with E-state index < -0.39 is 27.8 Å². The van der Waals surface area contributed by atoms with E-state index in [4.69, 9.17) is 4.74 Å². The number of carbonyl (C=O) groups excluding carboxylic acids is 1. The molecular weight excluding hydrogens is 270 g/mol. The van der Waals surface area contributed by atoms with Gasteiger partial charge in [0.25, 0.3) is 10.2 Å². The Morgan fingerprint density at radius 3 is 2.63 bits per heavy atom. The number of nitrogens with zero attached hydrogens (tertiary/aromatic N) is 1. The number of nitrogens with one attached hydrogen (secondary N) is 2. The van der Waals surface area contributed by atoms with Crippen LogP contribution in [0, 0.1) is 0 Å². The average Bonchev–Trinajstić information content (AvgIpc) is 2.26. The predicted molar refractivity (Wildman–Crippen MR) is 71.8 cm³/mol. The Morgan fingerprint density at radius 1 is 1.47 bits per heavy atom. The minimum Gasteiger partial charge on any atom is -0.465 e. The van der Waals surface area contributed by atoms with Gasteiger partial charge in [-0.3, -0.25) is 4.79 Å². The summed E-state index contributed by atoms with van der Waals surface area (Å²) in [5.41, 5.74) is -0.594. The summed E-state index contributed by atoms with van der Waals surface area (Å²) >= 11 is 0. The molecule has 0 aromatic rings. The van der Waals surface area contributed by atoms with Crippen molar-refractivity contribution in [3.63, 3.8) is 0 Å². The van der Waals surface area contributed by atoms with Crippen LogP contribution in [0.15, 0.2) is 0 Å². The molecule has 7 nitrogen and oxygen atoms in total. The van der Waals surface area contributed by atoms with E-state index in [1.807, 2.05) is 0 Å². The van der Waals surface area contributed by atoms with E-state index in [9.17, 15) is 13.2 Å². The van der Waals surface area contributed by atoms with Crippen LogP contribution in [-0.2, 0) is 19.7 Å². The maximum Gasteiger partial charge on any atom is 0.325 e. The smallest absolute Gasteiger partial charge is 0.325 e. The fourth-order valence-electron chi connectivity index (χ4n) is 1.86. The highest BCUT2D eigenvalue weighted by Crippen LogP contribution is 2.13. The van der Waals surface area contributed by atoms with Crippen molar-refractivity contribution >= 4 is 16.2 Å². The molecule has 0 saturated carbocycles. The molecule has 0 spiro atoms. The number of hydrogen-bond donors (Lipinski definition) is 2. The average molecular weight is 293 g/mol. The van der Waals surface area contributed by atoms with Gasteiger partial charge < -0.3 is 10.1 Å². The summed E-state index contributed by atoms with van der Waals surface area (Å²) in [5.74, 6) is -0.519. The fourth-order valence-corrected chi connectivity index (χ4v) is 3.58. The first-order valence-electron chi connectivity index (χ1n) is 6.35. The van der Waals surface area contributed by atoms with Crippen LogP contribution in [0.25, 0.3) is 0 Å². The van der Waals surface area contributed by atoms with E-state index in [1.54, 1.807) is 27.7 Å². The van der Waals surface area contributed by atoms with Crippen LogP contribution in [0.1, 0.15) is 27.7 Å². The molecule has 112 valence electrons. The largest absolute Gasteiger partial charge is 0.465 e. The van der Waals surface area contributed by atoms with Crippen molar-refractivity contribution in [2.45, 2.75) is 39.3 Å². The zero-order valence-corrected chi connectivity index (χ0v) is 12.7. The SMILES string of the molecule is CCOC(=O)C1CNCCN1S(=O)(=O)NC(C)(C)C. The first-order chi connectivity index (χ1) is 8.67. The molecule has 1 unspecified atom stereocenters. The Hall–Kier alpha value is -0.700. The second-order valence-electron chi connectivity index (χ2n) is 5.44.